The van der Waals surface area contributed by atoms with E-state index in [1.54, 1.807) is 11.1 Å². The lowest BCUT2D eigenvalue weighted by Crippen LogP contribution is -2.67. The Morgan fingerprint density at radius 2 is 2.04 bits per heavy atom. The van der Waals surface area contributed by atoms with Crippen LogP contribution in [0.1, 0.15) is 30.9 Å². The lowest BCUT2D eigenvalue weighted by atomic mass is 9.55. The zero-order valence-corrected chi connectivity index (χ0v) is 15.5. The van der Waals surface area contributed by atoms with Gasteiger partial charge in [-0.3, -0.25) is 0 Å². The van der Waals surface area contributed by atoms with Crippen LogP contribution in [0, 0.1) is 0 Å². The number of fused-ring (bicyclic) bond motifs is 1. The molecule has 0 amide bonds. The van der Waals surface area contributed by atoms with E-state index in [0.29, 0.717) is 12.1 Å². The average Bonchev–Trinajstić information content (AvgIpc) is 2.76. The molecule has 3 nitrogen and oxygen atoms in total. The Morgan fingerprint density at radius 1 is 1.30 bits per heavy atom. The van der Waals surface area contributed by atoms with Crippen LogP contribution in [-0.2, 0) is 16.6 Å². The van der Waals surface area contributed by atoms with E-state index in [1.165, 1.54) is 19.4 Å². The van der Waals surface area contributed by atoms with Gasteiger partial charge >= 0.3 is 0 Å². The molecule has 2 aliphatic heterocycles. The molecule has 1 unspecified atom stereocenters. The van der Waals surface area contributed by atoms with Crippen LogP contribution in [0.3, 0.4) is 0 Å². The highest BCUT2D eigenvalue weighted by Gasteiger charge is 2.65. The highest BCUT2D eigenvalue weighted by atomic mass is 35.5. The topological polar surface area (TPSA) is 15.7 Å². The minimum Gasteiger partial charge on any atom is -0.368 e. The summed E-state index contributed by atoms with van der Waals surface area (Å²) < 4.78 is 6.77. The quantitative estimate of drug-likeness (QED) is 0.826. The molecule has 0 saturated carbocycles. The third kappa shape index (κ3) is 2.28. The molecule has 0 aromatic heterocycles. The van der Waals surface area contributed by atoms with Gasteiger partial charge in [0.15, 0.2) is 0 Å². The first kappa shape index (κ1) is 17.2. The van der Waals surface area contributed by atoms with Crippen molar-refractivity contribution in [3.05, 3.63) is 35.4 Å². The van der Waals surface area contributed by atoms with Crippen LogP contribution in [0.15, 0.2) is 24.3 Å². The van der Waals surface area contributed by atoms with E-state index in [1.807, 2.05) is 0 Å². The number of likely N-dealkylation sites (tertiary alicyclic amines) is 1. The maximum atomic E-state index is 6.77. The van der Waals surface area contributed by atoms with Crippen molar-refractivity contribution >= 4 is 12.4 Å². The van der Waals surface area contributed by atoms with Crippen LogP contribution < -0.4 is 0 Å². The van der Waals surface area contributed by atoms with E-state index in [-0.39, 0.29) is 23.4 Å². The monoisotopic (exact) mass is 336 g/mol. The van der Waals surface area contributed by atoms with Gasteiger partial charge in [0, 0.05) is 18.0 Å². The Hall–Kier alpha value is -0.610. The minimum atomic E-state index is -0.0466. The summed E-state index contributed by atoms with van der Waals surface area (Å²) in [4.78, 5) is 4.80. The maximum Gasteiger partial charge on any atom is 0.0913 e. The number of rotatable bonds is 2. The highest BCUT2D eigenvalue weighted by molar-refractivity contribution is 5.85. The molecule has 1 aromatic rings. The van der Waals surface area contributed by atoms with Crippen molar-refractivity contribution < 1.29 is 4.74 Å². The Kier molecular flexibility index (Phi) is 4.29. The molecule has 3 aliphatic rings. The van der Waals surface area contributed by atoms with Crippen molar-refractivity contribution in [2.75, 3.05) is 34.2 Å². The first-order chi connectivity index (χ1) is 10.5. The second-order valence-corrected chi connectivity index (χ2v) is 8.00. The summed E-state index contributed by atoms with van der Waals surface area (Å²) >= 11 is 0. The summed E-state index contributed by atoms with van der Waals surface area (Å²) in [5.41, 5.74) is 3.28. The molecule has 1 aromatic carbocycles. The van der Waals surface area contributed by atoms with Crippen molar-refractivity contribution in [1.82, 2.24) is 9.80 Å². The van der Waals surface area contributed by atoms with Crippen molar-refractivity contribution in [2.24, 2.45) is 0 Å². The predicted octanol–water partition coefficient (Wildman–Crippen LogP) is 2.72. The van der Waals surface area contributed by atoms with Gasteiger partial charge in [0.25, 0.3) is 0 Å². The molecule has 4 heteroatoms. The molecule has 2 heterocycles. The normalized spacial score (nSPS) is 38.8. The molecule has 2 bridgehead atoms. The Labute approximate surface area is 146 Å². The van der Waals surface area contributed by atoms with Gasteiger partial charge in [0.1, 0.15) is 0 Å². The lowest BCUT2D eigenvalue weighted by Gasteiger charge is -2.58. The molecule has 0 radical (unpaired) electrons. The van der Waals surface area contributed by atoms with Crippen molar-refractivity contribution in [3.8, 4) is 0 Å². The van der Waals surface area contributed by atoms with E-state index in [0.717, 1.165) is 13.0 Å². The third-order valence-electron chi connectivity index (χ3n) is 6.51. The van der Waals surface area contributed by atoms with Crippen LogP contribution in [0.5, 0.6) is 0 Å². The summed E-state index contributed by atoms with van der Waals surface area (Å²) in [5, 5.41) is 0. The van der Waals surface area contributed by atoms with Gasteiger partial charge in [-0.25, -0.2) is 0 Å². The number of hydrogen-bond donors (Lipinski definition) is 0. The molecule has 4 atom stereocenters. The van der Waals surface area contributed by atoms with Crippen molar-refractivity contribution in [1.29, 1.82) is 0 Å². The number of piperidine rings is 1. The summed E-state index contributed by atoms with van der Waals surface area (Å²) in [5.74, 6) is 0. The Morgan fingerprint density at radius 3 is 2.78 bits per heavy atom. The van der Waals surface area contributed by atoms with Crippen LogP contribution >= 0.6 is 12.4 Å². The number of halogens is 1. The van der Waals surface area contributed by atoms with Crippen LogP contribution in [0.4, 0.5) is 0 Å². The zero-order chi connectivity index (χ0) is 15.5. The standard InChI is InChI=1S/C19H28N2O.ClH/c1-18-17-11-14-7-5-6-8-16(14)19(18,9-10-21(17)4)12-15(22-18)13-20(2)3;/h5-8,15,17H,9-13H2,1-4H3;1H/t15?,17-,18-,19-;/m1./s1. The highest BCUT2D eigenvalue weighted by Crippen LogP contribution is 2.59. The molecule has 4 rings (SSSR count). The summed E-state index contributed by atoms with van der Waals surface area (Å²) in [6.07, 6.45) is 3.86. The molecule has 128 valence electrons. The van der Waals surface area contributed by atoms with E-state index < -0.39 is 0 Å². The number of benzene rings is 1. The van der Waals surface area contributed by atoms with E-state index >= 15 is 0 Å². The van der Waals surface area contributed by atoms with Gasteiger partial charge in [-0.05, 0) is 65.0 Å². The minimum absolute atomic E-state index is 0. The smallest absolute Gasteiger partial charge is 0.0913 e. The average molecular weight is 337 g/mol. The molecule has 0 spiro atoms. The molecule has 23 heavy (non-hydrogen) atoms. The molecular weight excluding hydrogens is 308 g/mol. The maximum absolute atomic E-state index is 6.77. The van der Waals surface area contributed by atoms with Crippen LogP contribution in [0.2, 0.25) is 0 Å². The molecule has 0 N–H and O–H groups in total. The first-order valence-corrected chi connectivity index (χ1v) is 8.57. The zero-order valence-electron chi connectivity index (χ0n) is 14.7. The van der Waals surface area contributed by atoms with Gasteiger partial charge in [-0.15, -0.1) is 12.4 Å². The SMILES string of the molecule is CN(C)CC1C[C@]23CCN(C)[C@H](Cc4ccccc42)[C@@]3(C)O1.Cl. The van der Waals surface area contributed by atoms with Gasteiger partial charge < -0.3 is 14.5 Å². The van der Waals surface area contributed by atoms with E-state index in [4.69, 9.17) is 4.74 Å². The molecular formula is C19H29ClN2O. The van der Waals surface area contributed by atoms with Crippen LogP contribution in [0.25, 0.3) is 0 Å². The molecule has 1 aliphatic carbocycles. The number of hydrogen-bond acceptors (Lipinski definition) is 3. The third-order valence-corrected chi connectivity index (χ3v) is 6.51. The number of ether oxygens (including phenoxy) is 1. The molecule has 2 saturated heterocycles. The number of likely N-dealkylation sites (N-methyl/N-ethyl adjacent to an activating group) is 2. The predicted molar refractivity (Wildman–Crippen MR) is 96.6 cm³/mol. The fourth-order valence-corrected chi connectivity index (χ4v) is 5.53. The summed E-state index contributed by atoms with van der Waals surface area (Å²) in [6, 6.07) is 9.62. The van der Waals surface area contributed by atoms with Gasteiger partial charge in [-0.1, -0.05) is 24.3 Å². The van der Waals surface area contributed by atoms with Crippen LogP contribution in [-0.4, -0.2) is 61.8 Å². The van der Waals surface area contributed by atoms with Crippen molar-refractivity contribution in [2.45, 2.75) is 49.3 Å². The fourth-order valence-electron chi connectivity index (χ4n) is 5.53. The van der Waals surface area contributed by atoms with Gasteiger partial charge in [0.2, 0.25) is 0 Å². The van der Waals surface area contributed by atoms with E-state index in [2.05, 4.69) is 62.1 Å². The fraction of sp³-hybridized carbons (Fsp3) is 0.684. The largest absolute Gasteiger partial charge is 0.368 e. The lowest BCUT2D eigenvalue weighted by molar-refractivity contribution is -0.134. The van der Waals surface area contributed by atoms with Gasteiger partial charge in [0.05, 0.1) is 11.7 Å². The summed E-state index contributed by atoms with van der Waals surface area (Å²) in [6.45, 7) is 4.60. The summed E-state index contributed by atoms with van der Waals surface area (Å²) in [7, 11) is 6.57. The van der Waals surface area contributed by atoms with Gasteiger partial charge in [-0.2, -0.15) is 0 Å². The van der Waals surface area contributed by atoms with E-state index in [9.17, 15) is 0 Å². The molecule has 2 fully saturated rings. The second-order valence-electron chi connectivity index (χ2n) is 8.00. The first-order valence-electron chi connectivity index (χ1n) is 8.57. The second kappa shape index (κ2) is 5.73. The Balaban J connectivity index is 0.00000156. The number of nitrogens with zero attached hydrogens (tertiary/aromatic N) is 2. The van der Waals surface area contributed by atoms with Crippen molar-refractivity contribution in [3.63, 3.8) is 0 Å². The Bertz CT molecular complexity index is 592.